The van der Waals surface area contributed by atoms with Gasteiger partial charge in [0, 0.05) is 12.3 Å². The molecule has 3 rings (SSSR count). The van der Waals surface area contributed by atoms with Gasteiger partial charge in [-0.2, -0.15) is 0 Å². The van der Waals surface area contributed by atoms with E-state index >= 15 is 0 Å². The minimum atomic E-state index is -1.38. The van der Waals surface area contributed by atoms with E-state index in [1.807, 2.05) is 48.5 Å². The van der Waals surface area contributed by atoms with Crippen LogP contribution >= 0.6 is 0 Å². The Hall–Kier alpha value is -3.39. The molecule has 8 heteroatoms. The molecule has 1 unspecified atom stereocenters. The highest BCUT2D eigenvalue weighted by atomic mass is 16.5. The molecule has 0 fully saturated rings. The van der Waals surface area contributed by atoms with Crippen LogP contribution < -0.4 is 16.8 Å². The number of nitrogens with one attached hydrogen (secondary N) is 1. The third kappa shape index (κ3) is 3.96. The molecule has 0 radical (unpaired) electrons. The van der Waals surface area contributed by atoms with Gasteiger partial charge < -0.3 is 26.6 Å². The number of carboxylic acids is 1. The van der Waals surface area contributed by atoms with Crippen LogP contribution in [-0.4, -0.2) is 41.8 Å². The lowest BCUT2D eigenvalue weighted by molar-refractivity contribution is -0.139. The van der Waals surface area contributed by atoms with E-state index in [-0.39, 0.29) is 18.9 Å². The number of nitrogens with two attached hydrogens (primary N) is 2. The molecule has 1 aliphatic carbocycles. The maximum atomic E-state index is 12.1. The average Bonchev–Trinajstić information content (AvgIpc) is 2.99. The molecule has 0 spiro atoms. The number of alkyl carbamates (subject to hydrolysis) is 1. The zero-order valence-electron chi connectivity index (χ0n) is 15.0. The van der Waals surface area contributed by atoms with Gasteiger partial charge >= 0.3 is 12.1 Å². The number of fused-ring (bicyclic) bond motifs is 3. The Morgan fingerprint density at radius 1 is 1.04 bits per heavy atom. The van der Waals surface area contributed by atoms with Crippen molar-refractivity contribution < 1.29 is 24.2 Å². The van der Waals surface area contributed by atoms with Crippen LogP contribution in [0.4, 0.5) is 4.79 Å². The summed E-state index contributed by atoms with van der Waals surface area (Å²) in [7, 11) is 0. The summed E-state index contributed by atoms with van der Waals surface area (Å²) in [6, 6.07) is 13.2. The second-order valence-corrected chi connectivity index (χ2v) is 6.61. The number of amides is 2. The van der Waals surface area contributed by atoms with E-state index < -0.39 is 30.1 Å². The smallest absolute Gasteiger partial charge is 0.407 e. The van der Waals surface area contributed by atoms with E-state index in [0.29, 0.717) is 0 Å². The first kappa shape index (κ1) is 19.4. The summed E-state index contributed by atoms with van der Waals surface area (Å²) >= 11 is 0. The number of hydrogen-bond donors (Lipinski definition) is 4. The quantitative estimate of drug-likeness (QED) is 0.565. The van der Waals surface area contributed by atoms with E-state index in [2.05, 4.69) is 5.32 Å². The van der Waals surface area contributed by atoms with Crippen LogP contribution in [0.25, 0.3) is 11.1 Å². The molecule has 2 aromatic carbocycles. The fourth-order valence-electron chi connectivity index (χ4n) is 3.37. The molecule has 28 heavy (non-hydrogen) atoms. The van der Waals surface area contributed by atoms with Gasteiger partial charge in [0.2, 0.25) is 5.91 Å². The van der Waals surface area contributed by atoms with Gasteiger partial charge in [-0.15, -0.1) is 0 Å². The Morgan fingerprint density at radius 3 is 2.07 bits per heavy atom. The molecule has 2 aromatic rings. The van der Waals surface area contributed by atoms with Crippen molar-refractivity contribution in [3.8, 4) is 11.1 Å². The highest BCUT2D eigenvalue weighted by Crippen LogP contribution is 2.44. The first-order valence-electron chi connectivity index (χ1n) is 8.77. The Morgan fingerprint density at radius 2 is 1.57 bits per heavy atom. The number of hydrogen-bond acceptors (Lipinski definition) is 5. The molecule has 0 aromatic heterocycles. The maximum absolute atomic E-state index is 12.1. The van der Waals surface area contributed by atoms with Gasteiger partial charge in [0.1, 0.15) is 12.6 Å². The molecule has 1 aliphatic rings. The predicted molar refractivity (Wildman–Crippen MR) is 101 cm³/mol. The lowest BCUT2D eigenvalue weighted by Crippen LogP contribution is -2.48. The average molecular weight is 383 g/mol. The van der Waals surface area contributed by atoms with Crippen molar-refractivity contribution in [2.45, 2.75) is 24.4 Å². The summed E-state index contributed by atoms with van der Waals surface area (Å²) in [5.74, 6) is -2.32. The highest BCUT2D eigenvalue weighted by Gasteiger charge is 2.30. The summed E-state index contributed by atoms with van der Waals surface area (Å²) in [4.78, 5) is 34.5. The van der Waals surface area contributed by atoms with E-state index in [9.17, 15) is 19.5 Å². The molecular formula is C20H21N3O5. The second-order valence-electron chi connectivity index (χ2n) is 6.61. The number of benzene rings is 2. The van der Waals surface area contributed by atoms with Gasteiger partial charge in [0.15, 0.2) is 0 Å². The lowest BCUT2D eigenvalue weighted by Gasteiger charge is -2.18. The Bertz CT molecular complexity index is 869. The first-order valence-corrected chi connectivity index (χ1v) is 8.77. The number of rotatable bonds is 7. The molecule has 0 aliphatic heterocycles. The Labute approximate surface area is 161 Å². The standard InChI is InChI=1S/C20H21N3O5/c21-16(18(22)24)9-17(19(25)26)23-20(27)28-10-15-13-7-3-1-5-11(13)12-6-2-4-8-14(12)15/h1-8,15-17H,9-10,21H2,(H2,22,24)(H,23,27)(H,25,26)/t16-,17?/m1/s1. The van der Waals surface area contributed by atoms with E-state index in [0.717, 1.165) is 22.3 Å². The van der Waals surface area contributed by atoms with E-state index in [1.54, 1.807) is 0 Å². The fraction of sp³-hybridized carbons (Fsp3) is 0.250. The fourth-order valence-corrected chi connectivity index (χ4v) is 3.37. The minimum Gasteiger partial charge on any atom is -0.480 e. The first-order chi connectivity index (χ1) is 13.4. The van der Waals surface area contributed by atoms with Crippen molar-refractivity contribution in [1.82, 2.24) is 5.32 Å². The van der Waals surface area contributed by atoms with Gasteiger partial charge in [-0.3, -0.25) is 4.79 Å². The predicted octanol–water partition coefficient (Wildman–Crippen LogP) is 1.18. The second kappa shape index (κ2) is 8.10. The minimum absolute atomic E-state index is 0.0497. The van der Waals surface area contributed by atoms with Crippen molar-refractivity contribution in [3.63, 3.8) is 0 Å². The third-order valence-electron chi connectivity index (χ3n) is 4.79. The van der Waals surface area contributed by atoms with Crippen LogP contribution in [0.5, 0.6) is 0 Å². The number of primary amides is 1. The zero-order valence-corrected chi connectivity index (χ0v) is 15.0. The van der Waals surface area contributed by atoms with Crippen molar-refractivity contribution >= 4 is 18.0 Å². The number of carbonyl (C=O) groups is 3. The normalized spacial score (nSPS) is 14.5. The molecule has 2 amide bonds. The SMILES string of the molecule is NC(=O)[C@H](N)CC(NC(=O)OCC1c2ccccc2-c2ccccc21)C(=O)O. The van der Waals surface area contributed by atoms with Gasteiger partial charge in [-0.25, -0.2) is 9.59 Å². The Kier molecular flexibility index (Phi) is 5.60. The number of aliphatic carboxylic acids is 1. The van der Waals surface area contributed by atoms with E-state index in [4.69, 9.17) is 16.2 Å². The summed E-state index contributed by atoms with van der Waals surface area (Å²) in [5, 5.41) is 11.4. The molecule has 0 heterocycles. The van der Waals surface area contributed by atoms with Crippen molar-refractivity contribution in [1.29, 1.82) is 0 Å². The highest BCUT2D eigenvalue weighted by molar-refractivity contribution is 5.84. The molecule has 6 N–H and O–H groups in total. The molecule has 0 saturated carbocycles. The van der Waals surface area contributed by atoms with Crippen LogP contribution in [0.3, 0.4) is 0 Å². The molecular weight excluding hydrogens is 362 g/mol. The van der Waals surface area contributed by atoms with Gasteiger partial charge in [0.05, 0.1) is 6.04 Å². The maximum Gasteiger partial charge on any atom is 0.407 e. The lowest BCUT2D eigenvalue weighted by atomic mass is 9.98. The van der Waals surface area contributed by atoms with Crippen molar-refractivity contribution in [2.24, 2.45) is 11.5 Å². The molecule has 0 saturated heterocycles. The van der Waals surface area contributed by atoms with Gasteiger partial charge in [0.25, 0.3) is 0 Å². The van der Waals surface area contributed by atoms with Crippen LogP contribution in [0.2, 0.25) is 0 Å². The summed E-state index contributed by atoms with van der Waals surface area (Å²) in [6.45, 7) is 0.0497. The monoisotopic (exact) mass is 383 g/mol. The van der Waals surface area contributed by atoms with E-state index in [1.165, 1.54) is 0 Å². The molecule has 146 valence electrons. The molecule has 2 atom stereocenters. The van der Waals surface area contributed by atoms with Crippen LogP contribution in [0.1, 0.15) is 23.5 Å². The number of carboxylic acid groups (broad SMARTS) is 1. The van der Waals surface area contributed by atoms with Gasteiger partial charge in [-0.05, 0) is 22.3 Å². The summed E-state index contributed by atoms with van der Waals surface area (Å²) in [5.41, 5.74) is 14.8. The molecule has 0 bridgehead atoms. The Balaban J connectivity index is 1.67. The van der Waals surface area contributed by atoms with Crippen molar-refractivity contribution in [3.05, 3.63) is 59.7 Å². The summed E-state index contributed by atoms with van der Waals surface area (Å²) in [6.07, 6.45) is -1.22. The van der Waals surface area contributed by atoms with Crippen LogP contribution in [0, 0.1) is 0 Å². The van der Waals surface area contributed by atoms with Gasteiger partial charge in [-0.1, -0.05) is 48.5 Å². The number of ether oxygens (including phenoxy) is 1. The summed E-state index contributed by atoms with van der Waals surface area (Å²) < 4.78 is 5.29. The largest absolute Gasteiger partial charge is 0.480 e. The topological polar surface area (TPSA) is 145 Å². The van der Waals surface area contributed by atoms with Crippen LogP contribution in [-0.2, 0) is 14.3 Å². The van der Waals surface area contributed by atoms with Crippen molar-refractivity contribution in [2.75, 3.05) is 6.61 Å². The molecule has 8 nitrogen and oxygen atoms in total. The van der Waals surface area contributed by atoms with Crippen LogP contribution in [0.15, 0.2) is 48.5 Å². The zero-order chi connectivity index (χ0) is 20.3. The number of carbonyl (C=O) groups excluding carboxylic acids is 2. The third-order valence-corrected chi connectivity index (χ3v) is 4.79.